The molecule has 4 rings (SSSR count). The number of piperazine rings is 1. The molecule has 2 aromatic rings. The lowest BCUT2D eigenvalue weighted by atomic mass is 10.0. The standard InChI is InChI=1S/C18H23N3/c1-2-15-12-20-10-4-6-17(20)13-21(15)16-7-8-18-14(11-16)5-3-9-19-18/h3,5,7-9,11,15,17H,2,4,6,10,12-13H2,1H3. The van der Waals surface area contributed by atoms with E-state index in [1.165, 1.54) is 50.0 Å². The fourth-order valence-electron chi connectivity index (χ4n) is 4.00. The molecular formula is C18H23N3. The lowest BCUT2D eigenvalue weighted by molar-refractivity contribution is 0.195. The average molecular weight is 281 g/mol. The van der Waals surface area contributed by atoms with Gasteiger partial charge in [0.05, 0.1) is 5.52 Å². The highest BCUT2D eigenvalue weighted by molar-refractivity contribution is 5.82. The van der Waals surface area contributed by atoms with Gasteiger partial charge in [-0.2, -0.15) is 0 Å². The molecule has 1 aromatic heterocycles. The Hall–Kier alpha value is -1.61. The maximum absolute atomic E-state index is 4.43. The van der Waals surface area contributed by atoms with Crippen LogP contribution in [-0.4, -0.2) is 41.6 Å². The number of anilines is 1. The number of nitrogens with zero attached hydrogens (tertiary/aromatic N) is 3. The average Bonchev–Trinajstić information content (AvgIpc) is 3.00. The van der Waals surface area contributed by atoms with Gasteiger partial charge in [0.15, 0.2) is 0 Å². The highest BCUT2D eigenvalue weighted by Gasteiger charge is 2.35. The van der Waals surface area contributed by atoms with E-state index in [1.807, 2.05) is 12.3 Å². The fraction of sp³-hybridized carbons (Fsp3) is 0.500. The maximum Gasteiger partial charge on any atom is 0.0703 e. The molecule has 3 nitrogen and oxygen atoms in total. The lowest BCUT2D eigenvalue weighted by Crippen LogP contribution is -2.56. The largest absolute Gasteiger partial charge is 0.366 e. The van der Waals surface area contributed by atoms with Crippen LogP contribution in [0, 0.1) is 0 Å². The number of hydrogen-bond donors (Lipinski definition) is 0. The third kappa shape index (κ3) is 2.30. The summed E-state index contributed by atoms with van der Waals surface area (Å²) >= 11 is 0. The molecule has 0 radical (unpaired) electrons. The molecule has 0 saturated carbocycles. The first-order valence-electron chi connectivity index (χ1n) is 8.20. The summed E-state index contributed by atoms with van der Waals surface area (Å²) < 4.78 is 0. The van der Waals surface area contributed by atoms with Crippen molar-refractivity contribution in [2.45, 2.75) is 38.3 Å². The molecule has 21 heavy (non-hydrogen) atoms. The van der Waals surface area contributed by atoms with Gasteiger partial charge in [-0.25, -0.2) is 0 Å². The van der Waals surface area contributed by atoms with Crippen molar-refractivity contribution in [3.8, 4) is 0 Å². The van der Waals surface area contributed by atoms with E-state index in [0.717, 1.165) is 11.6 Å². The van der Waals surface area contributed by atoms with Gasteiger partial charge in [0.25, 0.3) is 0 Å². The van der Waals surface area contributed by atoms with E-state index >= 15 is 0 Å². The van der Waals surface area contributed by atoms with Crippen LogP contribution in [-0.2, 0) is 0 Å². The number of fused-ring (bicyclic) bond motifs is 2. The van der Waals surface area contributed by atoms with Crippen molar-refractivity contribution in [3.63, 3.8) is 0 Å². The predicted molar refractivity (Wildman–Crippen MR) is 87.8 cm³/mol. The van der Waals surface area contributed by atoms with Gasteiger partial charge >= 0.3 is 0 Å². The van der Waals surface area contributed by atoms with Crippen LogP contribution >= 0.6 is 0 Å². The quantitative estimate of drug-likeness (QED) is 0.842. The maximum atomic E-state index is 4.43. The van der Waals surface area contributed by atoms with Crippen molar-refractivity contribution >= 4 is 16.6 Å². The van der Waals surface area contributed by atoms with Crippen molar-refractivity contribution in [1.82, 2.24) is 9.88 Å². The molecule has 2 aliphatic heterocycles. The van der Waals surface area contributed by atoms with E-state index in [9.17, 15) is 0 Å². The number of benzene rings is 1. The molecule has 3 heterocycles. The van der Waals surface area contributed by atoms with Crippen LogP contribution in [0.25, 0.3) is 10.9 Å². The highest BCUT2D eigenvalue weighted by Crippen LogP contribution is 2.31. The minimum absolute atomic E-state index is 0.647. The fourth-order valence-corrected chi connectivity index (χ4v) is 4.00. The molecule has 3 heteroatoms. The van der Waals surface area contributed by atoms with Crippen LogP contribution in [0.5, 0.6) is 0 Å². The summed E-state index contributed by atoms with van der Waals surface area (Å²) in [6, 6.07) is 12.3. The Morgan fingerprint density at radius 2 is 2.19 bits per heavy atom. The molecule has 0 aliphatic carbocycles. The molecule has 0 bridgehead atoms. The zero-order valence-electron chi connectivity index (χ0n) is 12.7. The van der Waals surface area contributed by atoms with Gasteiger partial charge < -0.3 is 4.90 Å². The molecule has 2 fully saturated rings. The van der Waals surface area contributed by atoms with Crippen LogP contribution in [0.3, 0.4) is 0 Å². The van der Waals surface area contributed by atoms with Gasteiger partial charge in [0, 0.05) is 42.4 Å². The molecule has 1 aromatic carbocycles. The van der Waals surface area contributed by atoms with Crippen LogP contribution in [0.15, 0.2) is 36.5 Å². The summed E-state index contributed by atoms with van der Waals surface area (Å²) in [6.07, 6.45) is 5.82. The number of aromatic nitrogens is 1. The molecule has 2 saturated heterocycles. The van der Waals surface area contributed by atoms with Crippen molar-refractivity contribution < 1.29 is 0 Å². The van der Waals surface area contributed by atoms with E-state index in [1.54, 1.807) is 0 Å². The highest BCUT2D eigenvalue weighted by atomic mass is 15.3. The molecule has 110 valence electrons. The summed E-state index contributed by atoms with van der Waals surface area (Å²) in [5, 5.41) is 1.25. The topological polar surface area (TPSA) is 19.4 Å². The van der Waals surface area contributed by atoms with Crippen molar-refractivity contribution in [3.05, 3.63) is 36.5 Å². The van der Waals surface area contributed by atoms with Crippen molar-refractivity contribution in [1.29, 1.82) is 0 Å². The first-order valence-corrected chi connectivity index (χ1v) is 8.20. The van der Waals surface area contributed by atoms with Gasteiger partial charge in [0.2, 0.25) is 0 Å². The van der Waals surface area contributed by atoms with Crippen molar-refractivity contribution in [2.24, 2.45) is 0 Å². The Kier molecular flexibility index (Phi) is 3.30. The second-order valence-corrected chi connectivity index (χ2v) is 6.39. The van der Waals surface area contributed by atoms with E-state index in [4.69, 9.17) is 0 Å². The van der Waals surface area contributed by atoms with Crippen LogP contribution < -0.4 is 4.90 Å². The summed E-state index contributed by atoms with van der Waals surface area (Å²) in [7, 11) is 0. The second-order valence-electron chi connectivity index (χ2n) is 6.39. The minimum Gasteiger partial charge on any atom is -0.366 e. The normalized spacial score (nSPS) is 26.2. The van der Waals surface area contributed by atoms with Crippen molar-refractivity contribution in [2.75, 3.05) is 24.5 Å². The zero-order valence-corrected chi connectivity index (χ0v) is 12.7. The first-order chi connectivity index (χ1) is 10.3. The van der Waals surface area contributed by atoms with Gasteiger partial charge in [-0.05, 0) is 50.1 Å². The van der Waals surface area contributed by atoms with Gasteiger partial charge in [-0.15, -0.1) is 0 Å². The van der Waals surface area contributed by atoms with E-state index < -0.39 is 0 Å². The summed E-state index contributed by atoms with van der Waals surface area (Å²) in [5.41, 5.74) is 2.46. The minimum atomic E-state index is 0.647. The monoisotopic (exact) mass is 281 g/mol. The van der Waals surface area contributed by atoms with E-state index in [-0.39, 0.29) is 0 Å². The van der Waals surface area contributed by atoms with Crippen LogP contribution in [0.4, 0.5) is 5.69 Å². The summed E-state index contributed by atoms with van der Waals surface area (Å²) in [6.45, 7) is 6.03. The number of rotatable bonds is 2. The first kappa shape index (κ1) is 13.1. The molecule has 2 atom stereocenters. The Balaban J connectivity index is 1.68. The second kappa shape index (κ2) is 5.30. The van der Waals surface area contributed by atoms with E-state index in [0.29, 0.717) is 6.04 Å². The predicted octanol–water partition coefficient (Wildman–Crippen LogP) is 3.30. The Morgan fingerprint density at radius 3 is 3.10 bits per heavy atom. The molecule has 2 unspecified atom stereocenters. The Morgan fingerprint density at radius 1 is 1.24 bits per heavy atom. The van der Waals surface area contributed by atoms with Crippen LogP contribution in [0.1, 0.15) is 26.2 Å². The molecule has 2 aliphatic rings. The van der Waals surface area contributed by atoms with Gasteiger partial charge in [0.1, 0.15) is 0 Å². The number of pyridine rings is 1. The van der Waals surface area contributed by atoms with Gasteiger partial charge in [-0.3, -0.25) is 9.88 Å². The van der Waals surface area contributed by atoms with E-state index in [2.05, 4.69) is 46.0 Å². The lowest BCUT2D eigenvalue weighted by Gasteiger charge is -2.45. The molecule has 0 spiro atoms. The molecular weight excluding hydrogens is 258 g/mol. The van der Waals surface area contributed by atoms with Crippen LogP contribution in [0.2, 0.25) is 0 Å². The third-order valence-electron chi connectivity index (χ3n) is 5.18. The zero-order chi connectivity index (χ0) is 14.2. The Labute approximate surface area is 126 Å². The Bertz CT molecular complexity index is 639. The molecule has 0 N–H and O–H groups in total. The smallest absolute Gasteiger partial charge is 0.0703 e. The molecule has 0 amide bonds. The third-order valence-corrected chi connectivity index (χ3v) is 5.18. The van der Waals surface area contributed by atoms with Gasteiger partial charge in [-0.1, -0.05) is 13.0 Å². The summed E-state index contributed by atoms with van der Waals surface area (Å²) in [5.74, 6) is 0. The summed E-state index contributed by atoms with van der Waals surface area (Å²) in [4.78, 5) is 9.77. The number of hydrogen-bond acceptors (Lipinski definition) is 3. The SMILES string of the molecule is CCC1CN2CCCC2CN1c1ccc2ncccc2c1.